The molecule has 4 rings (SSSR count). The van der Waals surface area contributed by atoms with Gasteiger partial charge in [-0.1, -0.05) is 88.1 Å². The van der Waals surface area contributed by atoms with Crippen LogP contribution in [0.25, 0.3) is 27.6 Å². The molecule has 1 heteroatoms. The van der Waals surface area contributed by atoms with Crippen molar-refractivity contribution in [3.63, 3.8) is 0 Å². The van der Waals surface area contributed by atoms with Crippen LogP contribution in [0.2, 0.25) is 0 Å². The summed E-state index contributed by atoms with van der Waals surface area (Å²) < 4.78 is 0. The number of nitrogens with one attached hydrogen (secondary N) is 1. The molecule has 0 bridgehead atoms. The molecule has 0 radical (unpaired) electrons. The van der Waals surface area contributed by atoms with Crippen molar-refractivity contribution < 1.29 is 0 Å². The Labute approximate surface area is 150 Å². The van der Waals surface area contributed by atoms with E-state index in [4.69, 9.17) is 5.41 Å². The minimum atomic E-state index is 0.261. The van der Waals surface area contributed by atoms with E-state index in [9.17, 15) is 0 Å². The summed E-state index contributed by atoms with van der Waals surface area (Å²) in [6.07, 6.45) is 8.57. The monoisotopic (exact) mass is 329 g/mol. The molecule has 1 nitrogen and oxygen atoms in total. The highest BCUT2D eigenvalue weighted by molar-refractivity contribution is 6.21. The molecule has 2 unspecified atom stereocenters. The van der Waals surface area contributed by atoms with Crippen LogP contribution < -0.4 is 5.22 Å². The Balaban J connectivity index is 1.81. The third kappa shape index (κ3) is 2.76. The van der Waals surface area contributed by atoms with Gasteiger partial charge in [-0.2, -0.15) is 0 Å². The molecule has 3 aromatic rings. The smallest absolute Gasteiger partial charge is 0.0461 e. The van der Waals surface area contributed by atoms with Crippen LogP contribution in [-0.2, 0) is 0 Å². The van der Waals surface area contributed by atoms with Crippen molar-refractivity contribution in [2.75, 3.05) is 0 Å². The van der Waals surface area contributed by atoms with Gasteiger partial charge >= 0.3 is 0 Å². The van der Waals surface area contributed by atoms with Gasteiger partial charge in [0.25, 0.3) is 0 Å². The van der Waals surface area contributed by atoms with Crippen LogP contribution in [0.1, 0.15) is 51.5 Å². The maximum atomic E-state index is 8.86. The zero-order valence-electron chi connectivity index (χ0n) is 15.3. The van der Waals surface area contributed by atoms with Crippen LogP contribution in [0.15, 0.2) is 42.5 Å². The molecule has 0 amide bonds. The van der Waals surface area contributed by atoms with Crippen LogP contribution in [0.5, 0.6) is 0 Å². The summed E-state index contributed by atoms with van der Waals surface area (Å²) in [4.78, 5) is 0. The molecule has 0 aliphatic heterocycles. The zero-order valence-corrected chi connectivity index (χ0v) is 15.3. The first-order valence-electron chi connectivity index (χ1n) is 9.77. The van der Waals surface area contributed by atoms with Crippen LogP contribution >= 0.6 is 0 Å². The molecule has 0 fully saturated rings. The molecule has 0 heterocycles. The Hall–Kier alpha value is -2.15. The Kier molecular flexibility index (Phi) is 4.33. The Morgan fingerprint density at radius 1 is 0.960 bits per heavy atom. The maximum absolute atomic E-state index is 8.86. The number of rotatable bonds is 6. The zero-order chi connectivity index (χ0) is 17.4. The molecule has 0 aromatic heterocycles. The SMILES string of the molecule is CCCCC(CC)CC1C=c2ccc3cccc4ccc(c2c43)C1=N. The molecular weight excluding hydrogens is 302 g/mol. The lowest BCUT2D eigenvalue weighted by molar-refractivity contribution is 0.409. The van der Waals surface area contributed by atoms with E-state index in [-0.39, 0.29) is 5.92 Å². The third-order valence-corrected chi connectivity index (χ3v) is 5.98. The van der Waals surface area contributed by atoms with Gasteiger partial charge in [0.1, 0.15) is 0 Å². The van der Waals surface area contributed by atoms with Gasteiger partial charge in [-0.15, -0.1) is 0 Å². The molecule has 0 saturated heterocycles. The van der Waals surface area contributed by atoms with Crippen molar-refractivity contribution >= 4 is 33.3 Å². The molecule has 1 aliphatic carbocycles. The van der Waals surface area contributed by atoms with Gasteiger partial charge in [-0.25, -0.2) is 0 Å². The summed E-state index contributed by atoms with van der Waals surface area (Å²) in [5.74, 6) is 0.990. The molecule has 0 saturated carbocycles. The second-order valence-electron chi connectivity index (χ2n) is 7.56. The van der Waals surface area contributed by atoms with Crippen molar-refractivity contribution in [1.82, 2.24) is 0 Å². The minimum Gasteiger partial charge on any atom is -0.304 e. The molecule has 2 atom stereocenters. The summed E-state index contributed by atoms with van der Waals surface area (Å²) in [6, 6.07) is 15.4. The lowest BCUT2D eigenvalue weighted by Gasteiger charge is -2.25. The van der Waals surface area contributed by atoms with Gasteiger partial charge in [0.2, 0.25) is 0 Å². The van der Waals surface area contributed by atoms with E-state index < -0.39 is 0 Å². The van der Waals surface area contributed by atoms with Crippen molar-refractivity contribution in [3.05, 3.63) is 53.2 Å². The molecule has 0 spiro atoms. The van der Waals surface area contributed by atoms with Crippen LogP contribution in [0, 0.1) is 17.2 Å². The van der Waals surface area contributed by atoms with Crippen molar-refractivity contribution in [3.8, 4) is 0 Å². The Morgan fingerprint density at radius 3 is 2.44 bits per heavy atom. The number of unbranched alkanes of at least 4 members (excludes halogenated alkanes) is 1. The molecular formula is C24H27N. The summed E-state index contributed by atoms with van der Waals surface area (Å²) in [5.41, 5.74) is 1.97. The Bertz CT molecular complexity index is 966. The van der Waals surface area contributed by atoms with Crippen molar-refractivity contribution in [2.24, 2.45) is 11.8 Å². The summed E-state index contributed by atoms with van der Waals surface area (Å²) >= 11 is 0. The predicted octanol–water partition coefficient (Wildman–Crippen LogP) is 6.10. The maximum Gasteiger partial charge on any atom is 0.0461 e. The van der Waals surface area contributed by atoms with E-state index in [2.05, 4.69) is 62.4 Å². The summed E-state index contributed by atoms with van der Waals surface area (Å²) in [6.45, 7) is 4.57. The van der Waals surface area contributed by atoms with E-state index >= 15 is 0 Å². The van der Waals surface area contributed by atoms with E-state index in [1.807, 2.05) is 0 Å². The average Bonchev–Trinajstić information content (AvgIpc) is 2.65. The highest BCUT2D eigenvalue weighted by atomic mass is 14.5. The van der Waals surface area contributed by atoms with Gasteiger partial charge < -0.3 is 5.41 Å². The second-order valence-corrected chi connectivity index (χ2v) is 7.56. The largest absolute Gasteiger partial charge is 0.304 e. The van der Waals surface area contributed by atoms with E-state index in [1.54, 1.807) is 0 Å². The van der Waals surface area contributed by atoms with Gasteiger partial charge in [0.05, 0.1) is 0 Å². The fraction of sp³-hybridized carbons (Fsp3) is 0.375. The number of benzene rings is 3. The average molecular weight is 329 g/mol. The number of hydrogen-bond acceptors (Lipinski definition) is 1. The standard InChI is InChI=1S/C24H27N/c1-3-5-7-16(4-2)14-20-15-19-11-10-17-8-6-9-18-12-13-21(24(20)25)23(19)22(17)18/h6,8-13,15-16,20,25H,3-5,7,14H2,1-2H3. The van der Waals surface area contributed by atoms with Gasteiger partial charge in [-0.3, -0.25) is 0 Å². The van der Waals surface area contributed by atoms with Crippen LogP contribution in [0.4, 0.5) is 0 Å². The lowest BCUT2D eigenvalue weighted by Crippen LogP contribution is -2.25. The minimum absolute atomic E-state index is 0.261. The first-order valence-corrected chi connectivity index (χ1v) is 9.77. The highest BCUT2D eigenvalue weighted by Crippen LogP contribution is 2.33. The van der Waals surface area contributed by atoms with E-state index in [1.165, 1.54) is 52.4 Å². The first kappa shape index (κ1) is 16.3. The molecule has 25 heavy (non-hydrogen) atoms. The quantitative estimate of drug-likeness (QED) is 0.565. The molecule has 128 valence electrons. The van der Waals surface area contributed by atoms with Gasteiger partial charge in [0.15, 0.2) is 0 Å². The fourth-order valence-electron chi connectivity index (χ4n) is 4.50. The topological polar surface area (TPSA) is 23.9 Å². The second kappa shape index (κ2) is 6.63. The first-order chi connectivity index (χ1) is 12.2. The highest BCUT2D eigenvalue weighted by Gasteiger charge is 2.24. The van der Waals surface area contributed by atoms with Gasteiger partial charge in [0, 0.05) is 17.2 Å². The van der Waals surface area contributed by atoms with Gasteiger partial charge in [-0.05, 0) is 39.1 Å². The lowest BCUT2D eigenvalue weighted by atomic mass is 9.79. The summed E-state index contributed by atoms with van der Waals surface area (Å²) in [7, 11) is 0. The summed E-state index contributed by atoms with van der Waals surface area (Å²) in [5, 5.41) is 15.4. The predicted molar refractivity (Wildman–Crippen MR) is 109 cm³/mol. The molecule has 1 aliphatic rings. The van der Waals surface area contributed by atoms with Crippen LogP contribution in [0.3, 0.4) is 0 Å². The molecule has 3 aromatic carbocycles. The van der Waals surface area contributed by atoms with E-state index in [0.29, 0.717) is 0 Å². The number of hydrogen-bond donors (Lipinski definition) is 1. The third-order valence-electron chi connectivity index (χ3n) is 5.98. The van der Waals surface area contributed by atoms with E-state index in [0.717, 1.165) is 23.6 Å². The van der Waals surface area contributed by atoms with Crippen LogP contribution in [-0.4, -0.2) is 5.71 Å². The normalized spacial score (nSPS) is 17.8. The van der Waals surface area contributed by atoms with Crippen molar-refractivity contribution in [1.29, 1.82) is 5.41 Å². The fourth-order valence-corrected chi connectivity index (χ4v) is 4.50. The molecule has 1 N–H and O–H groups in total. The Morgan fingerprint density at radius 2 is 1.72 bits per heavy atom. The van der Waals surface area contributed by atoms with Crippen molar-refractivity contribution in [2.45, 2.75) is 46.0 Å².